The number of nitrogens with zero attached hydrogens (tertiary/aromatic N) is 2. The first-order chi connectivity index (χ1) is 17.4. The van der Waals surface area contributed by atoms with Crippen molar-refractivity contribution in [3.8, 4) is 5.75 Å². The van der Waals surface area contributed by atoms with Crippen LogP contribution in [0.3, 0.4) is 0 Å². The Hall–Kier alpha value is -3.92. The van der Waals surface area contributed by atoms with E-state index in [-0.39, 0.29) is 32.1 Å². The molecular formula is C26H29N3O7. The monoisotopic (exact) mass is 495 g/mol. The van der Waals surface area contributed by atoms with E-state index < -0.39 is 36.5 Å². The van der Waals surface area contributed by atoms with Gasteiger partial charge >= 0.3 is 11.9 Å². The normalized spacial score (nSPS) is 18.0. The van der Waals surface area contributed by atoms with Gasteiger partial charge in [0.2, 0.25) is 5.91 Å². The third kappa shape index (κ3) is 5.49. The van der Waals surface area contributed by atoms with Gasteiger partial charge in [0.25, 0.3) is 5.91 Å². The van der Waals surface area contributed by atoms with Crippen molar-refractivity contribution in [1.29, 1.82) is 0 Å². The smallest absolute Gasteiger partial charge is 0.323 e. The highest BCUT2D eigenvalue weighted by Crippen LogP contribution is 2.31. The number of ether oxygens (including phenoxy) is 2. The van der Waals surface area contributed by atoms with Crippen molar-refractivity contribution >= 4 is 29.4 Å². The lowest BCUT2D eigenvalue weighted by atomic mass is 9.98. The summed E-state index contributed by atoms with van der Waals surface area (Å²) < 4.78 is 11.0. The molecule has 1 unspecified atom stereocenters. The minimum absolute atomic E-state index is 0.0993. The standard InChI is InChI=1S/C26H29N3O7/c1-2-35-26(34)19(12-14-28-13-11-17-7-3-4-8-18(17)24(28)32)27-20-16-36-22-10-6-5-9-21(22)29(25(20)33)15-23(30)31/h3-10,19-20,27H,2,11-16H2,1H3,(H,30,31)/t19?,20-/m0/s1. The number of rotatable bonds is 9. The third-order valence-electron chi connectivity index (χ3n) is 6.27. The molecule has 190 valence electrons. The van der Waals surface area contributed by atoms with Crippen LogP contribution in [0.4, 0.5) is 5.69 Å². The number of carboxylic acids is 1. The number of amides is 2. The Bertz CT molecular complexity index is 1150. The molecule has 4 rings (SSSR count). The fourth-order valence-corrected chi connectivity index (χ4v) is 4.50. The minimum Gasteiger partial charge on any atom is -0.489 e. The van der Waals surface area contributed by atoms with E-state index in [1.807, 2.05) is 18.2 Å². The molecule has 0 saturated heterocycles. The zero-order valence-corrected chi connectivity index (χ0v) is 20.0. The van der Waals surface area contributed by atoms with Gasteiger partial charge in [0.1, 0.15) is 31.0 Å². The number of hydrogen-bond donors (Lipinski definition) is 2. The van der Waals surface area contributed by atoms with Crippen molar-refractivity contribution in [3.63, 3.8) is 0 Å². The Morgan fingerprint density at radius 1 is 1.17 bits per heavy atom. The van der Waals surface area contributed by atoms with Crippen molar-refractivity contribution < 1.29 is 33.8 Å². The maximum atomic E-state index is 13.4. The third-order valence-corrected chi connectivity index (χ3v) is 6.27. The van der Waals surface area contributed by atoms with Gasteiger partial charge in [-0.25, -0.2) is 0 Å². The van der Waals surface area contributed by atoms with Crippen molar-refractivity contribution in [2.24, 2.45) is 0 Å². The van der Waals surface area contributed by atoms with Crippen LogP contribution in [0, 0.1) is 0 Å². The average Bonchev–Trinajstić information content (AvgIpc) is 2.99. The van der Waals surface area contributed by atoms with Gasteiger partial charge in [-0.2, -0.15) is 0 Å². The Labute approximate surface area is 208 Å². The Balaban J connectivity index is 1.50. The molecule has 10 nitrogen and oxygen atoms in total. The second-order valence-corrected chi connectivity index (χ2v) is 8.61. The molecule has 2 aliphatic rings. The first-order valence-electron chi connectivity index (χ1n) is 11.9. The van der Waals surface area contributed by atoms with E-state index in [2.05, 4.69) is 5.32 Å². The van der Waals surface area contributed by atoms with E-state index in [9.17, 15) is 24.3 Å². The molecular weight excluding hydrogens is 466 g/mol. The van der Waals surface area contributed by atoms with Crippen LogP contribution in [-0.4, -0.2) is 78.7 Å². The molecule has 0 bridgehead atoms. The van der Waals surface area contributed by atoms with E-state index in [0.717, 1.165) is 16.9 Å². The van der Waals surface area contributed by atoms with E-state index in [1.54, 1.807) is 42.2 Å². The minimum atomic E-state index is -1.18. The lowest BCUT2D eigenvalue weighted by Gasteiger charge is -2.31. The number of hydrogen-bond acceptors (Lipinski definition) is 7. The number of benzene rings is 2. The number of nitrogens with one attached hydrogen (secondary N) is 1. The number of carbonyl (C=O) groups is 4. The molecule has 2 N–H and O–H groups in total. The van der Waals surface area contributed by atoms with Gasteiger partial charge in [0.15, 0.2) is 0 Å². The molecule has 0 aliphatic carbocycles. The largest absolute Gasteiger partial charge is 0.489 e. The van der Waals surface area contributed by atoms with Gasteiger partial charge < -0.3 is 19.5 Å². The molecule has 2 heterocycles. The van der Waals surface area contributed by atoms with E-state index >= 15 is 0 Å². The maximum absolute atomic E-state index is 13.4. The SMILES string of the molecule is CCOC(=O)C(CCN1CCc2ccccc2C1=O)N[C@H]1COc2ccccc2N(CC(=O)O)C1=O. The molecule has 0 radical (unpaired) electrons. The summed E-state index contributed by atoms with van der Waals surface area (Å²) in [5.74, 6) is -1.98. The summed E-state index contributed by atoms with van der Waals surface area (Å²) in [6, 6.07) is 12.2. The molecule has 2 atom stereocenters. The summed E-state index contributed by atoms with van der Waals surface area (Å²) in [5, 5.41) is 12.4. The van der Waals surface area contributed by atoms with Crippen molar-refractivity contribution in [3.05, 3.63) is 59.7 Å². The predicted octanol–water partition coefficient (Wildman–Crippen LogP) is 1.48. The molecule has 2 aromatic rings. The van der Waals surface area contributed by atoms with Gasteiger partial charge in [0, 0.05) is 18.7 Å². The summed E-state index contributed by atoms with van der Waals surface area (Å²) in [5.41, 5.74) is 2.00. The van der Waals surface area contributed by atoms with Crippen LogP contribution in [0.1, 0.15) is 29.3 Å². The number of carbonyl (C=O) groups excluding carboxylic acids is 3. The van der Waals surface area contributed by atoms with Gasteiger partial charge in [-0.15, -0.1) is 0 Å². The van der Waals surface area contributed by atoms with Crippen LogP contribution in [-0.2, 0) is 25.5 Å². The van der Waals surface area contributed by atoms with Crippen LogP contribution in [0.25, 0.3) is 0 Å². The first-order valence-corrected chi connectivity index (χ1v) is 11.9. The Kier molecular flexibility index (Phi) is 7.84. The Morgan fingerprint density at radius 3 is 2.69 bits per heavy atom. The molecule has 0 fully saturated rings. The topological polar surface area (TPSA) is 125 Å². The lowest BCUT2D eigenvalue weighted by Crippen LogP contribution is -2.55. The van der Waals surface area contributed by atoms with Crippen molar-refractivity contribution in [2.45, 2.75) is 31.8 Å². The first kappa shape index (κ1) is 25.2. The second-order valence-electron chi connectivity index (χ2n) is 8.61. The van der Waals surface area contributed by atoms with E-state index in [4.69, 9.17) is 9.47 Å². The molecule has 2 amide bonds. The zero-order chi connectivity index (χ0) is 25.7. The summed E-state index contributed by atoms with van der Waals surface area (Å²) in [6.07, 6.45) is 0.930. The molecule has 0 aromatic heterocycles. The van der Waals surface area contributed by atoms with Gasteiger partial charge in [-0.05, 0) is 43.5 Å². The van der Waals surface area contributed by atoms with Crippen LogP contribution < -0.4 is 15.0 Å². The second kappa shape index (κ2) is 11.2. The quantitative estimate of drug-likeness (QED) is 0.501. The van der Waals surface area contributed by atoms with Crippen LogP contribution in [0.15, 0.2) is 48.5 Å². The maximum Gasteiger partial charge on any atom is 0.323 e. The fourth-order valence-electron chi connectivity index (χ4n) is 4.50. The number of aliphatic carboxylic acids is 1. The highest BCUT2D eigenvalue weighted by atomic mass is 16.5. The number of anilines is 1. The molecule has 0 spiro atoms. The van der Waals surface area contributed by atoms with Crippen LogP contribution >= 0.6 is 0 Å². The van der Waals surface area contributed by atoms with E-state index in [0.29, 0.717) is 23.5 Å². The van der Waals surface area contributed by atoms with Crippen molar-refractivity contribution in [2.75, 3.05) is 37.7 Å². The molecule has 2 aliphatic heterocycles. The van der Waals surface area contributed by atoms with E-state index in [1.165, 1.54) is 0 Å². The summed E-state index contributed by atoms with van der Waals surface area (Å²) in [6.45, 7) is 1.99. The number of carboxylic acid groups (broad SMARTS) is 1. The predicted molar refractivity (Wildman–Crippen MR) is 130 cm³/mol. The van der Waals surface area contributed by atoms with Gasteiger partial charge in [-0.1, -0.05) is 30.3 Å². The van der Waals surface area contributed by atoms with Gasteiger partial charge in [-0.3, -0.25) is 29.4 Å². The summed E-state index contributed by atoms with van der Waals surface area (Å²) in [4.78, 5) is 53.4. The number of fused-ring (bicyclic) bond motifs is 2. The molecule has 10 heteroatoms. The lowest BCUT2D eigenvalue weighted by molar-refractivity contribution is -0.146. The highest BCUT2D eigenvalue weighted by molar-refractivity contribution is 6.02. The fraction of sp³-hybridized carbons (Fsp3) is 0.385. The number of para-hydroxylation sites is 2. The van der Waals surface area contributed by atoms with Crippen LogP contribution in [0.2, 0.25) is 0 Å². The highest BCUT2D eigenvalue weighted by Gasteiger charge is 2.36. The summed E-state index contributed by atoms with van der Waals surface area (Å²) >= 11 is 0. The van der Waals surface area contributed by atoms with Gasteiger partial charge in [0.05, 0.1) is 12.3 Å². The molecule has 2 aromatic carbocycles. The average molecular weight is 496 g/mol. The zero-order valence-electron chi connectivity index (χ0n) is 20.0. The number of esters is 1. The molecule has 36 heavy (non-hydrogen) atoms. The molecule has 0 saturated carbocycles. The Morgan fingerprint density at radius 2 is 1.92 bits per heavy atom. The van der Waals surface area contributed by atoms with Crippen molar-refractivity contribution in [1.82, 2.24) is 10.2 Å². The van der Waals surface area contributed by atoms with Crippen LogP contribution in [0.5, 0.6) is 5.75 Å². The summed E-state index contributed by atoms with van der Waals surface area (Å²) in [7, 11) is 0.